The highest BCUT2D eigenvalue weighted by Gasteiger charge is 2.43. The molecule has 3 aliphatic rings. The van der Waals surface area contributed by atoms with Gasteiger partial charge in [-0.05, 0) is 44.4 Å². The summed E-state index contributed by atoms with van der Waals surface area (Å²) in [5.74, 6) is 1.45. The molecule has 2 unspecified atom stereocenters. The number of carbonyl (C=O) groups is 1. The summed E-state index contributed by atoms with van der Waals surface area (Å²) >= 11 is 0. The van der Waals surface area contributed by atoms with E-state index in [4.69, 9.17) is 0 Å². The number of hydrogen-bond acceptors (Lipinski definition) is 2. The topological polar surface area (TPSA) is 34.1 Å². The smallest absolute Gasteiger partial charge is 0.136 e. The second kappa shape index (κ2) is 3.69. The maximum absolute atomic E-state index is 12.0. The van der Waals surface area contributed by atoms with E-state index in [0.29, 0.717) is 22.2 Å². The lowest BCUT2D eigenvalue weighted by molar-refractivity contribution is -0.123. The summed E-state index contributed by atoms with van der Waals surface area (Å²) in [7, 11) is -0.605. The summed E-state index contributed by atoms with van der Waals surface area (Å²) in [6, 6.07) is 0. The maximum Gasteiger partial charge on any atom is 0.136 e. The van der Waals surface area contributed by atoms with Gasteiger partial charge in [0.15, 0.2) is 0 Å². The molecule has 0 spiro atoms. The fourth-order valence-corrected chi connectivity index (χ4v) is 5.19. The summed E-state index contributed by atoms with van der Waals surface area (Å²) in [6.07, 6.45) is 7.39. The van der Waals surface area contributed by atoms with Gasteiger partial charge in [-0.3, -0.25) is 9.00 Å². The number of carbonyl (C=O) groups excluding carboxylic acids is 1. The minimum atomic E-state index is -0.605. The van der Waals surface area contributed by atoms with E-state index in [0.717, 1.165) is 32.1 Å². The molecule has 0 aromatic carbocycles. The summed E-state index contributed by atoms with van der Waals surface area (Å²) in [6.45, 7) is 0. The third kappa shape index (κ3) is 1.91. The van der Waals surface area contributed by atoms with Crippen LogP contribution in [0, 0.1) is 11.8 Å². The predicted octanol–water partition coefficient (Wildman–Crippen LogP) is 2.05. The second-order valence-corrected chi connectivity index (χ2v) is 7.42. The highest BCUT2D eigenvalue weighted by Crippen LogP contribution is 2.41. The Labute approximate surface area is 93.3 Å². The highest BCUT2D eigenvalue weighted by atomic mass is 32.2. The standard InChI is InChI=1S/C12H18O2S/c13-12(5-8-1-2-8)9-6-10-3-4-11(7-9)15(10)14/h8-11H,1-7H2. The normalized spacial score (nSPS) is 44.3. The van der Waals surface area contributed by atoms with Gasteiger partial charge in [-0.25, -0.2) is 0 Å². The molecule has 0 aromatic rings. The van der Waals surface area contributed by atoms with Crippen molar-refractivity contribution in [2.24, 2.45) is 11.8 Å². The Morgan fingerprint density at radius 3 is 2.20 bits per heavy atom. The van der Waals surface area contributed by atoms with Gasteiger partial charge in [-0.15, -0.1) is 0 Å². The van der Waals surface area contributed by atoms with Gasteiger partial charge in [-0.1, -0.05) is 0 Å². The lowest BCUT2D eigenvalue weighted by Gasteiger charge is -2.26. The first-order valence-electron chi connectivity index (χ1n) is 6.16. The van der Waals surface area contributed by atoms with E-state index >= 15 is 0 Å². The van der Waals surface area contributed by atoms with Crippen molar-refractivity contribution in [3.63, 3.8) is 0 Å². The van der Waals surface area contributed by atoms with Crippen LogP contribution in [0.25, 0.3) is 0 Å². The summed E-state index contributed by atoms with van der Waals surface area (Å²) in [5, 5.41) is 0.716. The molecule has 3 heteroatoms. The Hall–Kier alpha value is -0.180. The molecule has 2 nitrogen and oxygen atoms in total. The third-order valence-corrected chi connectivity index (χ3v) is 6.38. The summed E-state index contributed by atoms with van der Waals surface area (Å²) < 4.78 is 11.8. The molecule has 3 rings (SSSR count). The largest absolute Gasteiger partial charge is 0.299 e. The molecule has 84 valence electrons. The van der Waals surface area contributed by atoms with Crippen molar-refractivity contribution >= 4 is 16.6 Å². The monoisotopic (exact) mass is 226 g/mol. The summed E-state index contributed by atoms with van der Waals surface area (Å²) in [5.41, 5.74) is 0. The number of Topliss-reactive ketones (excluding diaryl/α,β-unsaturated/α-hetero) is 1. The minimum Gasteiger partial charge on any atom is -0.299 e. The fourth-order valence-electron chi connectivity index (χ4n) is 3.07. The first kappa shape index (κ1) is 10.0. The molecular weight excluding hydrogens is 208 g/mol. The molecule has 2 bridgehead atoms. The summed E-state index contributed by atoms with van der Waals surface area (Å²) in [4.78, 5) is 12.0. The number of ketones is 1. The zero-order valence-corrected chi connectivity index (χ0v) is 9.80. The number of fused-ring (bicyclic) bond motifs is 2. The Bertz CT molecular complexity index is 293. The van der Waals surface area contributed by atoms with E-state index in [9.17, 15) is 9.00 Å². The highest BCUT2D eigenvalue weighted by molar-refractivity contribution is 7.86. The number of hydrogen-bond donors (Lipinski definition) is 0. The molecule has 3 fully saturated rings. The van der Waals surface area contributed by atoms with Crippen LogP contribution < -0.4 is 0 Å². The van der Waals surface area contributed by atoms with E-state index in [-0.39, 0.29) is 5.92 Å². The lowest BCUT2D eigenvalue weighted by atomic mass is 9.92. The van der Waals surface area contributed by atoms with E-state index in [1.807, 2.05) is 0 Å². The lowest BCUT2D eigenvalue weighted by Crippen LogP contribution is -2.32. The second-order valence-electron chi connectivity index (χ2n) is 5.43. The van der Waals surface area contributed by atoms with Gasteiger partial charge < -0.3 is 0 Å². The van der Waals surface area contributed by atoms with Crippen LogP contribution in [0.5, 0.6) is 0 Å². The molecule has 0 amide bonds. The molecule has 2 saturated heterocycles. The fraction of sp³-hybridized carbons (Fsp3) is 0.917. The molecule has 2 atom stereocenters. The molecule has 1 saturated carbocycles. The Morgan fingerprint density at radius 2 is 1.67 bits per heavy atom. The van der Waals surface area contributed by atoms with Crippen LogP contribution in [0.2, 0.25) is 0 Å². The van der Waals surface area contributed by atoms with Crippen molar-refractivity contribution in [3.8, 4) is 0 Å². The van der Waals surface area contributed by atoms with Crippen molar-refractivity contribution in [1.29, 1.82) is 0 Å². The van der Waals surface area contributed by atoms with E-state index in [1.54, 1.807) is 0 Å². The van der Waals surface area contributed by atoms with E-state index in [1.165, 1.54) is 12.8 Å². The van der Waals surface area contributed by atoms with Gasteiger partial charge in [-0.2, -0.15) is 0 Å². The average Bonchev–Trinajstić information content (AvgIpc) is 2.98. The van der Waals surface area contributed by atoms with E-state index < -0.39 is 10.8 Å². The SMILES string of the molecule is O=C(CC1CC1)C1CC2CCC(C1)S2=O. The van der Waals surface area contributed by atoms with Crippen molar-refractivity contribution in [1.82, 2.24) is 0 Å². The Kier molecular flexibility index (Phi) is 2.46. The van der Waals surface area contributed by atoms with Gasteiger partial charge in [0.25, 0.3) is 0 Å². The van der Waals surface area contributed by atoms with Crippen molar-refractivity contribution in [3.05, 3.63) is 0 Å². The van der Waals surface area contributed by atoms with Crippen LogP contribution in [0.15, 0.2) is 0 Å². The molecule has 0 aromatic heterocycles. The predicted molar refractivity (Wildman–Crippen MR) is 60.0 cm³/mol. The Balaban J connectivity index is 1.63. The average molecular weight is 226 g/mol. The molecule has 2 aliphatic heterocycles. The first-order chi connectivity index (χ1) is 7.24. The quantitative estimate of drug-likeness (QED) is 0.738. The zero-order chi connectivity index (χ0) is 10.4. The van der Waals surface area contributed by atoms with E-state index in [2.05, 4.69) is 0 Å². The molecule has 2 heterocycles. The van der Waals surface area contributed by atoms with Crippen molar-refractivity contribution < 1.29 is 9.00 Å². The van der Waals surface area contributed by atoms with Crippen LogP contribution >= 0.6 is 0 Å². The van der Waals surface area contributed by atoms with Gasteiger partial charge in [0, 0.05) is 33.6 Å². The van der Waals surface area contributed by atoms with Crippen LogP contribution in [0.1, 0.15) is 44.9 Å². The molecule has 1 aliphatic carbocycles. The molecule has 0 radical (unpaired) electrons. The van der Waals surface area contributed by atoms with Crippen LogP contribution in [0.4, 0.5) is 0 Å². The zero-order valence-electron chi connectivity index (χ0n) is 8.98. The van der Waals surface area contributed by atoms with Crippen LogP contribution in [-0.4, -0.2) is 20.5 Å². The molecular formula is C12H18O2S. The van der Waals surface area contributed by atoms with Gasteiger partial charge >= 0.3 is 0 Å². The maximum atomic E-state index is 12.0. The van der Waals surface area contributed by atoms with Gasteiger partial charge in [0.2, 0.25) is 0 Å². The third-order valence-electron chi connectivity index (χ3n) is 4.20. The molecule has 15 heavy (non-hydrogen) atoms. The Morgan fingerprint density at radius 1 is 1.07 bits per heavy atom. The van der Waals surface area contributed by atoms with Crippen molar-refractivity contribution in [2.75, 3.05) is 0 Å². The number of rotatable bonds is 3. The molecule has 0 N–H and O–H groups in total. The van der Waals surface area contributed by atoms with Crippen LogP contribution in [-0.2, 0) is 15.6 Å². The van der Waals surface area contributed by atoms with Gasteiger partial charge in [0.1, 0.15) is 5.78 Å². The van der Waals surface area contributed by atoms with Crippen LogP contribution in [0.3, 0.4) is 0 Å². The van der Waals surface area contributed by atoms with Crippen molar-refractivity contribution in [2.45, 2.75) is 55.4 Å². The minimum absolute atomic E-state index is 0.265. The van der Waals surface area contributed by atoms with Gasteiger partial charge in [0.05, 0.1) is 0 Å². The first-order valence-corrected chi connectivity index (χ1v) is 7.43.